The fourth-order valence-corrected chi connectivity index (χ4v) is 5.57. The summed E-state index contributed by atoms with van der Waals surface area (Å²) in [6.45, 7) is 0.686. The largest absolute Gasteiger partial charge is 0.453 e. The molecule has 5 nitrogen and oxygen atoms in total. The number of hydrogen-bond acceptors (Lipinski definition) is 3. The number of fused-ring (bicyclic) bond motifs is 2. The lowest BCUT2D eigenvalue weighted by Gasteiger charge is -2.47. The van der Waals surface area contributed by atoms with Crippen molar-refractivity contribution in [3.8, 4) is 0 Å². The van der Waals surface area contributed by atoms with Crippen molar-refractivity contribution in [2.45, 2.75) is 43.2 Å². The maximum absolute atomic E-state index is 12.7. The molecule has 5 rings (SSSR count). The summed E-state index contributed by atoms with van der Waals surface area (Å²) in [7, 11) is 1.44. The number of ether oxygens (including phenoxy) is 1. The summed E-state index contributed by atoms with van der Waals surface area (Å²) in [5, 5.41) is 0. The molecule has 1 spiro atoms. The Kier molecular flexibility index (Phi) is 2.71. The maximum atomic E-state index is 12.7. The normalized spacial score (nSPS) is 32.9. The molecule has 124 valence electrons. The first-order valence-corrected chi connectivity index (χ1v) is 8.63. The zero-order chi connectivity index (χ0) is 16.5. The van der Waals surface area contributed by atoms with Gasteiger partial charge in [0.25, 0.3) is 0 Å². The van der Waals surface area contributed by atoms with E-state index in [0.29, 0.717) is 13.0 Å². The topological polar surface area (TPSA) is 49.9 Å². The van der Waals surface area contributed by atoms with Gasteiger partial charge < -0.3 is 14.5 Å². The Morgan fingerprint density at radius 2 is 2.12 bits per heavy atom. The van der Waals surface area contributed by atoms with E-state index in [1.807, 2.05) is 21.9 Å². The minimum Gasteiger partial charge on any atom is -0.453 e. The number of piperidine rings is 1. The molecule has 1 aromatic rings. The van der Waals surface area contributed by atoms with Gasteiger partial charge in [0, 0.05) is 24.1 Å². The molecular weight excluding hydrogens is 304 g/mol. The highest BCUT2D eigenvalue weighted by atomic mass is 16.5. The molecule has 0 unspecified atom stereocenters. The predicted octanol–water partition coefficient (Wildman–Crippen LogP) is 2.60. The van der Waals surface area contributed by atoms with Crippen LogP contribution in [0, 0.1) is 0 Å². The number of rotatable bonds is 0. The summed E-state index contributed by atoms with van der Waals surface area (Å²) < 4.78 is 5.02. The van der Waals surface area contributed by atoms with Crippen LogP contribution in [0.4, 0.5) is 10.5 Å². The van der Waals surface area contributed by atoms with Gasteiger partial charge in [0.15, 0.2) is 0 Å². The lowest BCUT2D eigenvalue weighted by molar-refractivity contribution is -0.119. The Labute approximate surface area is 140 Å². The van der Waals surface area contributed by atoms with Gasteiger partial charge in [-0.3, -0.25) is 4.79 Å². The predicted molar refractivity (Wildman–Crippen MR) is 88.8 cm³/mol. The summed E-state index contributed by atoms with van der Waals surface area (Å²) in [5.41, 5.74) is 3.46. The quantitative estimate of drug-likeness (QED) is 0.689. The van der Waals surface area contributed by atoms with Crippen LogP contribution >= 0.6 is 0 Å². The van der Waals surface area contributed by atoms with Crippen molar-refractivity contribution >= 4 is 17.7 Å². The van der Waals surface area contributed by atoms with E-state index < -0.39 is 0 Å². The van der Waals surface area contributed by atoms with E-state index in [-0.39, 0.29) is 29.5 Å². The molecule has 3 atom stereocenters. The molecule has 4 aliphatic rings. The number of hydrogen-bond donors (Lipinski definition) is 0. The van der Waals surface area contributed by atoms with Crippen LogP contribution in [-0.4, -0.2) is 42.6 Å². The van der Waals surface area contributed by atoms with Gasteiger partial charge in [0.05, 0.1) is 19.2 Å². The molecule has 2 saturated heterocycles. The average Bonchev–Trinajstić information content (AvgIpc) is 3.15. The van der Waals surface area contributed by atoms with E-state index in [0.717, 1.165) is 24.9 Å². The van der Waals surface area contributed by atoms with Crippen LogP contribution in [0.2, 0.25) is 0 Å². The van der Waals surface area contributed by atoms with Gasteiger partial charge in [0.1, 0.15) is 0 Å². The van der Waals surface area contributed by atoms with Gasteiger partial charge in [-0.05, 0) is 36.5 Å². The minimum atomic E-state index is -0.258. The summed E-state index contributed by atoms with van der Waals surface area (Å²) in [5.74, 6) is 0.207. The number of carbonyl (C=O) groups is 2. The molecular formula is C19H20N2O3. The van der Waals surface area contributed by atoms with Crippen LogP contribution < -0.4 is 4.90 Å². The van der Waals surface area contributed by atoms with Crippen LogP contribution in [0.3, 0.4) is 0 Å². The molecule has 24 heavy (non-hydrogen) atoms. The smallest absolute Gasteiger partial charge is 0.409 e. The third kappa shape index (κ3) is 1.46. The fourth-order valence-electron chi connectivity index (χ4n) is 5.57. The highest BCUT2D eigenvalue weighted by molar-refractivity contribution is 6.00. The van der Waals surface area contributed by atoms with Crippen molar-refractivity contribution in [3.63, 3.8) is 0 Å². The monoisotopic (exact) mass is 324 g/mol. The molecule has 0 N–H and O–H groups in total. The second kappa shape index (κ2) is 4.62. The van der Waals surface area contributed by atoms with E-state index in [9.17, 15) is 9.59 Å². The number of likely N-dealkylation sites (tertiary alicyclic amines) is 1. The highest BCUT2D eigenvalue weighted by Gasteiger charge is 2.64. The SMILES string of the molecule is COC(=O)N1CC[C@@]23c4ccccc4N4C(=O)CCC(=CC[C@H]12)[C@H]43. The molecule has 1 aromatic carbocycles. The van der Waals surface area contributed by atoms with Gasteiger partial charge in [-0.25, -0.2) is 4.79 Å². The first kappa shape index (κ1) is 14.1. The van der Waals surface area contributed by atoms with Crippen molar-refractivity contribution < 1.29 is 14.3 Å². The van der Waals surface area contributed by atoms with Crippen LogP contribution in [-0.2, 0) is 14.9 Å². The van der Waals surface area contributed by atoms with Crippen molar-refractivity contribution in [1.82, 2.24) is 4.90 Å². The Morgan fingerprint density at radius 1 is 1.29 bits per heavy atom. The van der Waals surface area contributed by atoms with Gasteiger partial charge in [0.2, 0.25) is 5.91 Å². The van der Waals surface area contributed by atoms with Crippen LogP contribution in [0.1, 0.15) is 31.2 Å². The van der Waals surface area contributed by atoms with Crippen molar-refractivity contribution in [3.05, 3.63) is 41.5 Å². The zero-order valence-electron chi connectivity index (χ0n) is 13.7. The Morgan fingerprint density at radius 3 is 2.96 bits per heavy atom. The number of carbonyl (C=O) groups excluding carboxylic acids is 2. The number of para-hydroxylation sites is 1. The molecule has 0 bridgehead atoms. The van der Waals surface area contributed by atoms with Gasteiger partial charge >= 0.3 is 6.09 Å². The molecule has 1 aliphatic carbocycles. The molecule has 3 heterocycles. The lowest BCUT2D eigenvalue weighted by Crippen LogP contribution is -2.58. The summed E-state index contributed by atoms with van der Waals surface area (Å²) >= 11 is 0. The Bertz CT molecular complexity index is 787. The number of anilines is 1. The second-order valence-electron chi connectivity index (χ2n) is 7.17. The van der Waals surface area contributed by atoms with Gasteiger partial charge in [-0.1, -0.05) is 24.3 Å². The standard InChI is InChI=1S/C19H20N2O3/c1-24-18(23)20-11-10-19-13-4-2-3-5-14(13)21-16(22)9-7-12(17(19)21)6-8-15(19)20/h2-6,15,17H,7-11H2,1H3/t15-,17-,19+/m0/s1. The van der Waals surface area contributed by atoms with Gasteiger partial charge in [-0.2, -0.15) is 0 Å². The van der Waals surface area contributed by atoms with Gasteiger partial charge in [-0.15, -0.1) is 0 Å². The fraction of sp³-hybridized carbons (Fsp3) is 0.474. The lowest BCUT2D eigenvalue weighted by atomic mass is 9.63. The summed E-state index contributed by atoms with van der Waals surface area (Å²) in [6.07, 6.45) is 5.16. The zero-order valence-corrected chi connectivity index (χ0v) is 13.7. The van der Waals surface area contributed by atoms with Crippen LogP contribution in [0.15, 0.2) is 35.9 Å². The van der Waals surface area contributed by atoms with E-state index in [1.165, 1.54) is 18.2 Å². The number of amides is 2. The average molecular weight is 324 g/mol. The summed E-state index contributed by atoms with van der Waals surface area (Å²) in [4.78, 5) is 28.9. The summed E-state index contributed by atoms with van der Waals surface area (Å²) in [6, 6.07) is 8.39. The van der Waals surface area contributed by atoms with Crippen molar-refractivity contribution in [2.24, 2.45) is 0 Å². The minimum absolute atomic E-state index is 0.0655. The van der Waals surface area contributed by atoms with E-state index in [4.69, 9.17) is 4.74 Å². The third-order valence-electron chi connectivity index (χ3n) is 6.41. The highest BCUT2D eigenvalue weighted by Crippen LogP contribution is 2.59. The van der Waals surface area contributed by atoms with Crippen LogP contribution in [0.25, 0.3) is 0 Å². The first-order chi connectivity index (χ1) is 11.7. The number of methoxy groups -OCH3 is 1. The van der Waals surface area contributed by atoms with E-state index >= 15 is 0 Å². The Balaban J connectivity index is 1.74. The molecule has 0 aromatic heterocycles. The first-order valence-electron chi connectivity index (χ1n) is 8.63. The number of nitrogens with zero attached hydrogens (tertiary/aromatic N) is 2. The second-order valence-corrected chi connectivity index (χ2v) is 7.17. The third-order valence-corrected chi connectivity index (χ3v) is 6.41. The van der Waals surface area contributed by atoms with Crippen LogP contribution in [0.5, 0.6) is 0 Å². The molecule has 5 heteroatoms. The Hall–Kier alpha value is -2.30. The van der Waals surface area contributed by atoms with Crippen molar-refractivity contribution in [1.29, 1.82) is 0 Å². The molecule has 2 amide bonds. The molecule has 0 radical (unpaired) electrons. The van der Waals surface area contributed by atoms with Crippen molar-refractivity contribution in [2.75, 3.05) is 18.6 Å². The molecule has 0 saturated carbocycles. The maximum Gasteiger partial charge on any atom is 0.409 e. The number of benzene rings is 1. The molecule has 2 fully saturated rings. The van der Waals surface area contributed by atoms with E-state index in [2.05, 4.69) is 18.2 Å². The van der Waals surface area contributed by atoms with E-state index in [1.54, 1.807) is 0 Å². The molecule has 3 aliphatic heterocycles.